The SMILES string of the molecule is C=CCCOc1ccc(-c2ccc3c(c2)CCC(C2CCC(C=C)CC2)C3)cc1. The molecule has 1 fully saturated rings. The fourth-order valence-corrected chi connectivity index (χ4v) is 5.22. The molecule has 0 spiro atoms. The molecule has 0 bridgehead atoms. The van der Waals surface area contributed by atoms with Crippen LogP contribution in [-0.2, 0) is 12.8 Å². The van der Waals surface area contributed by atoms with Gasteiger partial charge in [0.05, 0.1) is 6.61 Å². The van der Waals surface area contributed by atoms with Crippen molar-refractivity contribution in [3.63, 3.8) is 0 Å². The number of aryl methyl sites for hydroxylation is 1. The van der Waals surface area contributed by atoms with Crippen molar-refractivity contribution in [2.45, 2.75) is 51.4 Å². The van der Waals surface area contributed by atoms with E-state index >= 15 is 0 Å². The van der Waals surface area contributed by atoms with E-state index in [4.69, 9.17) is 4.74 Å². The first-order valence-electron chi connectivity index (χ1n) is 11.4. The number of allylic oxidation sites excluding steroid dienone is 1. The van der Waals surface area contributed by atoms with E-state index in [1.165, 1.54) is 56.1 Å². The molecule has 0 aromatic heterocycles. The van der Waals surface area contributed by atoms with Gasteiger partial charge < -0.3 is 4.74 Å². The lowest BCUT2D eigenvalue weighted by atomic mass is 9.69. The van der Waals surface area contributed by atoms with Crippen LogP contribution < -0.4 is 4.74 Å². The highest BCUT2D eigenvalue weighted by atomic mass is 16.5. The normalized spacial score (nSPS) is 23.8. The molecule has 1 nitrogen and oxygen atoms in total. The van der Waals surface area contributed by atoms with Crippen LogP contribution in [0.4, 0.5) is 0 Å². The lowest BCUT2D eigenvalue weighted by Gasteiger charge is -2.36. The average Bonchev–Trinajstić information content (AvgIpc) is 2.79. The zero-order chi connectivity index (χ0) is 20.1. The molecule has 0 N–H and O–H groups in total. The van der Waals surface area contributed by atoms with Crippen LogP contribution in [-0.4, -0.2) is 6.61 Å². The Morgan fingerprint density at radius 1 is 0.828 bits per heavy atom. The summed E-state index contributed by atoms with van der Waals surface area (Å²) in [5, 5.41) is 0. The summed E-state index contributed by atoms with van der Waals surface area (Å²) >= 11 is 0. The van der Waals surface area contributed by atoms with Crippen molar-refractivity contribution in [2.24, 2.45) is 17.8 Å². The average molecular weight is 387 g/mol. The fourth-order valence-electron chi connectivity index (χ4n) is 5.22. The molecule has 152 valence electrons. The molecule has 0 saturated heterocycles. The molecule has 0 amide bonds. The lowest BCUT2D eigenvalue weighted by molar-refractivity contribution is 0.206. The molecule has 2 aliphatic carbocycles. The third-order valence-electron chi connectivity index (χ3n) is 7.07. The van der Waals surface area contributed by atoms with Crippen LogP contribution in [0.15, 0.2) is 67.8 Å². The third kappa shape index (κ3) is 4.83. The van der Waals surface area contributed by atoms with E-state index in [9.17, 15) is 0 Å². The van der Waals surface area contributed by atoms with Gasteiger partial charge in [-0.25, -0.2) is 0 Å². The van der Waals surface area contributed by atoms with E-state index in [0.717, 1.165) is 29.9 Å². The molecule has 0 radical (unpaired) electrons. The number of hydrogen-bond acceptors (Lipinski definition) is 1. The van der Waals surface area contributed by atoms with Gasteiger partial charge in [-0.15, -0.1) is 13.2 Å². The van der Waals surface area contributed by atoms with Crippen LogP contribution in [0.1, 0.15) is 49.7 Å². The monoisotopic (exact) mass is 386 g/mol. The highest BCUT2D eigenvalue weighted by Crippen LogP contribution is 2.40. The van der Waals surface area contributed by atoms with Crippen molar-refractivity contribution in [3.8, 4) is 16.9 Å². The second-order valence-corrected chi connectivity index (χ2v) is 8.85. The maximum absolute atomic E-state index is 5.73. The van der Waals surface area contributed by atoms with Gasteiger partial charge >= 0.3 is 0 Å². The summed E-state index contributed by atoms with van der Waals surface area (Å²) in [6, 6.07) is 15.6. The molecular formula is C28H34O. The van der Waals surface area contributed by atoms with Gasteiger partial charge in [0.2, 0.25) is 0 Å². The summed E-state index contributed by atoms with van der Waals surface area (Å²) in [6.45, 7) is 8.42. The Kier molecular flexibility index (Phi) is 6.54. The first-order valence-corrected chi connectivity index (χ1v) is 11.4. The van der Waals surface area contributed by atoms with Crippen molar-refractivity contribution < 1.29 is 4.74 Å². The third-order valence-corrected chi connectivity index (χ3v) is 7.07. The van der Waals surface area contributed by atoms with Gasteiger partial charge in [-0.2, -0.15) is 0 Å². The van der Waals surface area contributed by atoms with Crippen LogP contribution in [0, 0.1) is 17.8 Å². The number of ether oxygens (including phenoxy) is 1. The van der Waals surface area contributed by atoms with Crippen LogP contribution in [0.25, 0.3) is 11.1 Å². The molecule has 2 aromatic carbocycles. The molecule has 1 atom stereocenters. The zero-order valence-electron chi connectivity index (χ0n) is 17.6. The van der Waals surface area contributed by atoms with Gasteiger partial charge in [-0.3, -0.25) is 0 Å². The van der Waals surface area contributed by atoms with Crippen molar-refractivity contribution in [3.05, 3.63) is 78.9 Å². The molecule has 2 aliphatic rings. The van der Waals surface area contributed by atoms with E-state index in [0.29, 0.717) is 6.61 Å². The van der Waals surface area contributed by atoms with Crippen molar-refractivity contribution in [1.29, 1.82) is 0 Å². The molecule has 4 rings (SSSR count). The fraction of sp³-hybridized carbons (Fsp3) is 0.429. The quantitative estimate of drug-likeness (QED) is 0.356. The summed E-state index contributed by atoms with van der Waals surface area (Å²) in [4.78, 5) is 0. The summed E-state index contributed by atoms with van der Waals surface area (Å²) in [6.07, 6.45) is 14.3. The standard InChI is InChI=1S/C28H34O/c1-3-5-18-29-28-16-14-23(15-17-28)25-11-13-26-19-24(10-12-27(26)20-25)22-8-6-21(4-2)7-9-22/h3-4,11,13-17,20-22,24H,1-2,5-10,12,18-19H2. The first-order chi connectivity index (χ1) is 14.3. The minimum absolute atomic E-state index is 0.693. The molecule has 1 saturated carbocycles. The van der Waals surface area contributed by atoms with E-state index in [-0.39, 0.29) is 0 Å². The smallest absolute Gasteiger partial charge is 0.119 e. The highest BCUT2D eigenvalue weighted by molar-refractivity contribution is 5.66. The Morgan fingerprint density at radius 2 is 1.59 bits per heavy atom. The zero-order valence-corrected chi connectivity index (χ0v) is 17.6. The summed E-state index contributed by atoms with van der Waals surface area (Å²) in [7, 11) is 0. The van der Waals surface area contributed by atoms with E-state index < -0.39 is 0 Å². The molecule has 0 aliphatic heterocycles. The summed E-state index contributed by atoms with van der Waals surface area (Å²) in [5.74, 6) is 3.50. The number of benzene rings is 2. The van der Waals surface area contributed by atoms with Gasteiger partial charge in [-0.1, -0.05) is 42.5 Å². The van der Waals surface area contributed by atoms with Crippen LogP contribution in [0.3, 0.4) is 0 Å². The van der Waals surface area contributed by atoms with Crippen LogP contribution in [0.5, 0.6) is 5.75 Å². The van der Waals surface area contributed by atoms with Crippen LogP contribution >= 0.6 is 0 Å². The Hall–Kier alpha value is -2.28. The minimum Gasteiger partial charge on any atom is -0.493 e. The molecule has 1 unspecified atom stereocenters. The molecule has 29 heavy (non-hydrogen) atoms. The summed E-state index contributed by atoms with van der Waals surface area (Å²) in [5.41, 5.74) is 5.74. The Labute approximate surface area is 176 Å². The predicted octanol–water partition coefficient (Wildman–Crippen LogP) is 7.41. The molecule has 2 aromatic rings. The molecular weight excluding hydrogens is 352 g/mol. The number of rotatable bonds is 7. The molecule has 0 heterocycles. The maximum Gasteiger partial charge on any atom is 0.119 e. The maximum atomic E-state index is 5.73. The summed E-state index contributed by atoms with van der Waals surface area (Å²) < 4.78 is 5.73. The Balaban J connectivity index is 1.40. The highest BCUT2D eigenvalue weighted by Gasteiger charge is 2.29. The van der Waals surface area contributed by atoms with Gasteiger partial charge in [0.25, 0.3) is 0 Å². The van der Waals surface area contributed by atoms with E-state index in [1.807, 2.05) is 6.08 Å². The number of fused-ring (bicyclic) bond motifs is 1. The second-order valence-electron chi connectivity index (χ2n) is 8.85. The largest absolute Gasteiger partial charge is 0.493 e. The van der Waals surface area contributed by atoms with Gasteiger partial charge in [-0.05, 0) is 104 Å². The van der Waals surface area contributed by atoms with Crippen molar-refractivity contribution >= 4 is 0 Å². The van der Waals surface area contributed by atoms with Gasteiger partial charge in [0.1, 0.15) is 5.75 Å². The Bertz CT molecular complexity index is 824. The van der Waals surface area contributed by atoms with E-state index in [1.54, 1.807) is 11.1 Å². The Morgan fingerprint density at radius 3 is 2.31 bits per heavy atom. The van der Waals surface area contributed by atoms with Gasteiger partial charge in [0.15, 0.2) is 0 Å². The molecule has 1 heteroatoms. The topological polar surface area (TPSA) is 9.23 Å². The van der Waals surface area contributed by atoms with Crippen LogP contribution in [0.2, 0.25) is 0 Å². The minimum atomic E-state index is 0.693. The predicted molar refractivity (Wildman–Crippen MR) is 123 cm³/mol. The van der Waals surface area contributed by atoms with E-state index in [2.05, 4.69) is 61.7 Å². The van der Waals surface area contributed by atoms with Crippen molar-refractivity contribution in [1.82, 2.24) is 0 Å². The lowest BCUT2D eigenvalue weighted by Crippen LogP contribution is -2.26. The number of hydrogen-bond donors (Lipinski definition) is 0. The van der Waals surface area contributed by atoms with Crippen molar-refractivity contribution in [2.75, 3.05) is 6.61 Å². The van der Waals surface area contributed by atoms with Gasteiger partial charge in [0, 0.05) is 0 Å². The first kappa shape index (κ1) is 20.0. The second kappa shape index (κ2) is 9.48.